The van der Waals surface area contributed by atoms with Crippen LogP contribution in [-0.2, 0) is 27.0 Å². The van der Waals surface area contributed by atoms with E-state index in [1.54, 1.807) is 27.7 Å². The van der Waals surface area contributed by atoms with Gasteiger partial charge in [0, 0.05) is 13.0 Å². The number of rotatable bonds is 5. The average molecular weight is 351 g/mol. The highest BCUT2D eigenvalue weighted by Gasteiger charge is 2.37. The number of oxime groups is 1. The lowest BCUT2D eigenvalue weighted by Gasteiger charge is -2.13. The Hall–Kier alpha value is -1.71. The molecule has 23 heavy (non-hydrogen) atoms. The van der Waals surface area contributed by atoms with Crippen LogP contribution >= 0.6 is 0 Å². The minimum Gasteiger partial charge on any atom is -0.417 e. The van der Waals surface area contributed by atoms with Crippen LogP contribution in [0.1, 0.15) is 38.4 Å². The third-order valence-electron chi connectivity index (χ3n) is 3.37. The summed E-state index contributed by atoms with van der Waals surface area (Å²) in [7, 11) is -3.81. The van der Waals surface area contributed by atoms with Gasteiger partial charge in [-0.05, 0) is 27.7 Å². The van der Waals surface area contributed by atoms with Gasteiger partial charge in [-0.1, -0.05) is 5.16 Å². The SMILES string of the molecule is CCn1nc(C)c(CS(=O)(=O)C2=NOC(C)(C)C2)c1OC(F)F. The van der Waals surface area contributed by atoms with Gasteiger partial charge in [-0.25, -0.2) is 13.1 Å². The molecule has 10 heteroatoms. The Kier molecular flexibility index (Phi) is 4.65. The number of ether oxygens (including phenoxy) is 1. The van der Waals surface area contributed by atoms with Gasteiger partial charge >= 0.3 is 6.61 Å². The van der Waals surface area contributed by atoms with Crippen molar-refractivity contribution in [1.29, 1.82) is 0 Å². The van der Waals surface area contributed by atoms with E-state index in [1.165, 1.54) is 4.68 Å². The Morgan fingerprint density at radius 2 is 2.09 bits per heavy atom. The molecule has 0 amide bonds. The maximum Gasteiger partial charge on any atom is 0.388 e. The molecule has 130 valence electrons. The van der Waals surface area contributed by atoms with Crippen molar-refractivity contribution in [1.82, 2.24) is 9.78 Å². The number of hydrogen-bond donors (Lipinski definition) is 0. The second-order valence-electron chi connectivity index (χ2n) is 5.84. The van der Waals surface area contributed by atoms with Gasteiger partial charge < -0.3 is 9.57 Å². The second kappa shape index (κ2) is 6.06. The number of aryl methyl sites for hydroxylation is 2. The van der Waals surface area contributed by atoms with E-state index in [-0.39, 0.29) is 29.5 Å². The number of alkyl halides is 2. The first-order valence-electron chi connectivity index (χ1n) is 7.04. The third-order valence-corrected chi connectivity index (χ3v) is 4.97. The van der Waals surface area contributed by atoms with E-state index >= 15 is 0 Å². The molecule has 0 radical (unpaired) electrons. The summed E-state index contributed by atoms with van der Waals surface area (Å²) in [4.78, 5) is 5.07. The number of nitrogens with zero attached hydrogens (tertiary/aromatic N) is 3. The molecule has 0 fully saturated rings. The highest BCUT2D eigenvalue weighted by Crippen LogP contribution is 2.30. The summed E-state index contributed by atoms with van der Waals surface area (Å²) in [5, 5.41) is 7.56. The zero-order valence-corrected chi connectivity index (χ0v) is 14.2. The van der Waals surface area contributed by atoms with Crippen molar-refractivity contribution in [3.05, 3.63) is 11.3 Å². The molecule has 0 N–H and O–H groups in total. The predicted molar refractivity (Wildman–Crippen MR) is 79.1 cm³/mol. The van der Waals surface area contributed by atoms with Crippen molar-refractivity contribution in [3.63, 3.8) is 0 Å². The second-order valence-corrected chi connectivity index (χ2v) is 7.82. The van der Waals surface area contributed by atoms with Crippen molar-refractivity contribution in [2.75, 3.05) is 0 Å². The van der Waals surface area contributed by atoms with Crippen LogP contribution in [0.15, 0.2) is 5.16 Å². The Balaban J connectivity index is 2.34. The maximum absolute atomic E-state index is 12.6. The van der Waals surface area contributed by atoms with Crippen LogP contribution < -0.4 is 4.74 Å². The Bertz CT molecular complexity index is 726. The number of aromatic nitrogens is 2. The summed E-state index contributed by atoms with van der Waals surface area (Å²) in [6.07, 6.45) is 0.126. The van der Waals surface area contributed by atoms with Gasteiger partial charge in [-0.2, -0.15) is 13.9 Å². The molecule has 1 aliphatic rings. The van der Waals surface area contributed by atoms with Gasteiger partial charge in [-0.3, -0.25) is 0 Å². The molecule has 0 saturated heterocycles. The van der Waals surface area contributed by atoms with Crippen LogP contribution in [0.2, 0.25) is 0 Å². The van der Waals surface area contributed by atoms with Crippen LogP contribution in [0.5, 0.6) is 5.88 Å². The largest absolute Gasteiger partial charge is 0.417 e. The standard InChI is InChI=1S/C13H19F2N3O4S/c1-5-18-11(21-12(14)15)9(8(2)16-18)7-23(19,20)10-6-13(3,4)22-17-10/h12H,5-7H2,1-4H3. The fourth-order valence-corrected chi connectivity index (χ4v) is 3.83. The Labute approximate surface area is 133 Å². The zero-order chi connectivity index (χ0) is 17.4. The van der Waals surface area contributed by atoms with Crippen molar-refractivity contribution in [2.24, 2.45) is 5.16 Å². The Morgan fingerprint density at radius 1 is 1.43 bits per heavy atom. The van der Waals surface area contributed by atoms with Gasteiger partial charge in [0.05, 0.1) is 17.0 Å². The van der Waals surface area contributed by atoms with Crippen LogP contribution in [0.25, 0.3) is 0 Å². The van der Waals surface area contributed by atoms with E-state index in [4.69, 9.17) is 4.84 Å². The van der Waals surface area contributed by atoms with Crippen LogP contribution in [-0.4, -0.2) is 35.5 Å². The van der Waals surface area contributed by atoms with Crippen molar-refractivity contribution >= 4 is 14.9 Å². The van der Waals surface area contributed by atoms with Gasteiger partial charge in [-0.15, -0.1) is 0 Å². The lowest BCUT2D eigenvalue weighted by molar-refractivity contribution is -0.0562. The molecule has 0 saturated carbocycles. The molecular formula is C13H19F2N3O4S. The molecule has 0 aliphatic carbocycles. The Morgan fingerprint density at radius 3 is 2.57 bits per heavy atom. The molecule has 2 rings (SSSR count). The molecule has 2 heterocycles. The summed E-state index contributed by atoms with van der Waals surface area (Å²) in [5.41, 5.74) is -0.266. The first-order chi connectivity index (χ1) is 10.6. The van der Waals surface area contributed by atoms with E-state index in [9.17, 15) is 17.2 Å². The van der Waals surface area contributed by atoms with E-state index in [2.05, 4.69) is 15.0 Å². The fourth-order valence-electron chi connectivity index (χ4n) is 2.24. The maximum atomic E-state index is 12.6. The number of hydrogen-bond acceptors (Lipinski definition) is 6. The smallest absolute Gasteiger partial charge is 0.388 e. The van der Waals surface area contributed by atoms with Crippen molar-refractivity contribution in [3.8, 4) is 5.88 Å². The normalized spacial score (nSPS) is 17.3. The molecule has 1 aromatic heterocycles. The fraction of sp³-hybridized carbons (Fsp3) is 0.692. The first kappa shape index (κ1) is 17.6. The van der Waals surface area contributed by atoms with E-state index in [0.717, 1.165) is 0 Å². The highest BCUT2D eigenvalue weighted by atomic mass is 32.2. The summed E-state index contributed by atoms with van der Waals surface area (Å²) in [6, 6.07) is 0. The summed E-state index contributed by atoms with van der Waals surface area (Å²) >= 11 is 0. The average Bonchev–Trinajstić information content (AvgIpc) is 2.92. The molecule has 7 nitrogen and oxygen atoms in total. The van der Waals surface area contributed by atoms with E-state index in [1.807, 2.05) is 0 Å². The summed E-state index contributed by atoms with van der Waals surface area (Å²) < 4.78 is 55.9. The molecule has 1 aromatic rings. The van der Waals surface area contributed by atoms with Crippen molar-refractivity contribution < 1.29 is 26.8 Å². The zero-order valence-electron chi connectivity index (χ0n) is 13.3. The van der Waals surface area contributed by atoms with Crippen LogP contribution in [0, 0.1) is 6.92 Å². The van der Waals surface area contributed by atoms with Gasteiger partial charge in [0.2, 0.25) is 5.88 Å². The molecular weight excluding hydrogens is 332 g/mol. The van der Waals surface area contributed by atoms with Crippen molar-refractivity contribution in [2.45, 2.75) is 58.6 Å². The summed E-state index contributed by atoms with van der Waals surface area (Å²) in [6.45, 7) is 3.88. The van der Waals surface area contributed by atoms with Gasteiger partial charge in [0.25, 0.3) is 0 Å². The minimum absolute atomic E-state index is 0.103. The lowest BCUT2D eigenvalue weighted by Crippen LogP contribution is -2.23. The van der Waals surface area contributed by atoms with Crippen LogP contribution in [0.4, 0.5) is 8.78 Å². The van der Waals surface area contributed by atoms with Gasteiger partial charge in [0.1, 0.15) is 5.60 Å². The number of sulfone groups is 1. The number of halogens is 2. The molecule has 0 atom stereocenters. The minimum atomic E-state index is -3.81. The van der Waals surface area contributed by atoms with Gasteiger partial charge in [0.15, 0.2) is 14.9 Å². The monoisotopic (exact) mass is 351 g/mol. The van der Waals surface area contributed by atoms with E-state index in [0.29, 0.717) is 5.69 Å². The molecule has 1 aliphatic heterocycles. The highest BCUT2D eigenvalue weighted by molar-refractivity contribution is 8.05. The summed E-state index contributed by atoms with van der Waals surface area (Å²) in [5.74, 6) is -0.749. The molecule has 0 bridgehead atoms. The predicted octanol–water partition coefficient (Wildman–Crippen LogP) is 2.24. The quantitative estimate of drug-likeness (QED) is 0.812. The topological polar surface area (TPSA) is 82.8 Å². The van der Waals surface area contributed by atoms with Crippen LogP contribution in [0.3, 0.4) is 0 Å². The van der Waals surface area contributed by atoms with E-state index < -0.39 is 27.8 Å². The lowest BCUT2D eigenvalue weighted by atomic mass is 10.1. The third kappa shape index (κ3) is 3.80. The molecule has 0 aromatic carbocycles. The molecule has 0 unspecified atom stereocenters. The first-order valence-corrected chi connectivity index (χ1v) is 8.70. The molecule has 0 spiro atoms.